The van der Waals surface area contributed by atoms with E-state index in [9.17, 15) is 0 Å². The van der Waals surface area contributed by atoms with Gasteiger partial charge >= 0.3 is 0 Å². The monoisotopic (exact) mass is 246 g/mol. The van der Waals surface area contributed by atoms with Crippen LogP contribution in [0.15, 0.2) is 24.5 Å². The highest BCUT2D eigenvalue weighted by molar-refractivity contribution is 5.49. The molecule has 1 N–H and O–H groups in total. The van der Waals surface area contributed by atoms with Crippen LogP contribution in [0.4, 0.5) is 0 Å². The molecular weight excluding hydrogens is 224 g/mol. The minimum Gasteiger partial charge on any atom is -0.492 e. The number of pyridine rings is 1. The first-order valence-corrected chi connectivity index (χ1v) is 6.86. The first kappa shape index (κ1) is 13.1. The lowest BCUT2D eigenvalue weighted by molar-refractivity contribution is 0.316. The molecule has 1 heterocycles. The van der Waals surface area contributed by atoms with Gasteiger partial charge in [-0.25, -0.2) is 0 Å². The summed E-state index contributed by atoms with van der Waals surface area (Å²) in [5.74, 6) is 0.857. The van der Waals surface area contributed by atoms with E-state index in [1.54, 1.807) is 6.20 Å². The van der Waals surface area contributed by atoms with Gasteiger partial charge in [-0.1, -0.05) is 19.1 Å². The summed E-state index contributed by atoms with van der Waals surface area (Å²) in [5, 5.41) is 3.49. The Labute approximate surface area is 109 Å². The number of aromatic nitrogens is 1. The maximum absolute atomic E-state index is 5.55. The van der Waals surface area contributed by atoms with Crippen LogP contribution in [0.5, 0.6) is 5.75 Å². The normalized spacial score (nSPS) is 15.2. The van der Waals surface area contributed by atoms with E-state index in [0.29, 0.717) is 0 Å². The lowest BCUT2D eigenvalue weighted by atomic mass is 10.2. The van der Waals surface area contributed by atoms with Crippen LogP contribution in [0.25, 0.3) is 6.08 Å². The van der Waals surface area contributed by atoms with E-state index in [-0.39, 0.29) is 0 Å². The topological polar surface area (TPSA) is 34.1 Å². The molecule has 0 atom stereocenters. The number of rotatable bonds is 8. The zero-order chi connectivity index (χ0) is 12.6. The molecule has 1 aliphatic carbocycles. The summed E-state index contributed by atoms with van der Waals surface area (Å²) in [6, 6.07) is 2.83. The minimum absolute atomic E-state index is 0.750. The molecule has 0 aromatic carbocycles. The lowest BCUT2D eigenvalue weighted by Crippen LogP contribution is -2.16. The first-order chi connectivity index (χ1) is 8.88. The Morgan fingerprint density at radius 2 is 2.33 bits per heavy atom. The molecule has 3 nitrogen and oxygen atoms in total. The van der Waals surface area contributed by atoms with Gasteiger partial charge in [0.2, 0.25) is 0 Å². The fourth-order valence-corrected chi connectivity index (χ4v) is 1.70. The number of nitrogens with zero attached hydrogens (tertiary/aromatic N) is 1. The second kappa shape index (κ2) is 7.17. The fraction of sp³-hybridized carbons (Fsp3) is 0.533. The van der Waals surface area contributed by atoms with E-state index in [2.05, 4.69) is 29.4 Å². The average molecular weight is 246 g/mol. The van der Waals surface area contributed by atoms with Crippen molar-refractivity contribution in [3.8, 4) is 5.75 Å². The largest absolute Gasteiger partial charge is 0.492 e. The standard InChI is InChI=1S/C15H22N2O/c1-2-9-18-15-10-13(11-16-12-15)5-3-4-8-17-14-6-7-14/h3,5,10-12,14,17H,2,4,6-9H2,1H3/b5-3+. The van der Waals surface area contributed by atoms with E-state index in [1.807, 2.05) is 12.3 Å². The van der Waals surface area contributed by atoms with Gasteiger partial charge in [0.15, 0.2) is 0 Å². The maximum atomic E-state index is 5.55. The molecule has 0 bridgehead atoms. The minimum atomic E-state index is 0.750. The Balaban J connectivity index is 1.74. The van der Waals surface area contributed by atoms with Gasteiger partial charge in [0, 0.05) is 12.2 Å². The summed E-state index contributed by atoms with van der Waals surface area (Å²) in [6.45, 7) is 3.92. The third kappa shape index (κ3) is 4.88. The second-order valence-corrected chi connectivity index (χ2v) is 4.72. The van der Waals surface area contributed by atoms with Gasteiger partial charge in [-0.2, -0.15) is 0 Å². The summed E-state index contributed by atoms with van der Waals surface area (Å²) in [7, 11) is 0. The van der Waals surface area contributed by atoms with Crippen LogP contribution in [0.2, 0.25) is 0 Å². The molecule has 1 saturated carbocycles. The van der Waals surface area contributed by atoms with Crippen molar-refractivity contribution in [3.05, 3.63) is 30.1 Å². The predicted octanol–water partition coefficient (Wildman–Crippen LogP) is 3.03. The van der Waals surface area contributed by atoms with Crippen molar-refractivity contribution in [3.63, 3.8) is 0 Å². The van der Waals surface area contributed by atoms with E-state index in [1.165, 1.54) is 12.8 Å². The van der Waals surface area contributed by atoms with Crippen molar-refractivity contribution >= 4 is 6.08 Å². The molecule has 3 heteroatoms. The van der Waals surface area contributed by atoms with Crippen LogP contribution in [0.3, 0.4) is 0 Å². The van der Waals surface area contributed by atoms with Crippen LogP contribution >= 0.6 is 0 Å². The molecule has 0 amide bonds. The molecule has 1 aliphatic rings. The SMILES string of the molecule is CCCOc1cncc(/C=C/CCNC2CC2)c1. The first-order valence-electron chi connectivity index (χ1n) is 6.86. The van der Waals surface area contributed by atoms with Gasteiger partial charge in [0.1, 0.15) is 5.75 Å². The molecule has 2 rings (SSSR count). The number of ether oxygens (including phenoxy) is 1. The van der Waals surface area contributed by atoms with E-state index < -0.39 is 0 Å². The molecule has 1 aromatic rings. The van der Waals surface area contributed by atoms with Crippen LogP contribution < -0.4 is 10.1 Å². The smallest absolute Gasteiger partial charge is 0.138 e. The van der Waals surface area contributed by atoms with Crippen molar-refractivity contribution in [2.24, 2.45) is 0 Å². The Hall–Kier alpha value is -1.35. The number of nitrogens with one attached hydrogen (secondary N) is 1. The molecule has 98 valence electrons. The lowest BCUT2D eigenvalue weighted by Gasteiger charge is -2.04. The van der Waals surface area contributed by atoms with Crippen molar-refractivity contribution < 1.29 is 4.74 Å². The molecule has 0 aliphatic heterocycles. The quantitative estimate of drug-likeness (QED) is 0.716. The van der Waals surface area contributed by atoms with E-state index >= 15 is 0 Å². The Morgan fingerprint density at radius 3 is 3.11 bits per heavy atom. The molecular formula is C15H22N2O. The van der Waals surface area contributed by atoms with Gasteiger partial charge in [0.05, 0.1) is 12.8 Å². The highest BCUT2D eigenvalue weighted by Gasteiger charge is 2.19. The van der Waals surface area contributed by atoms with Gasteiger partial charge in [-0.15, -0.1) is 0 Å². The van der Waals surface area contributed by atoms with E-state index in [4.69, 9.17) is 4.74 Å². The van der Waals surface area contributed by atoms with Gasteiger partial charge in [-0.3, -0.25) is 4.98 Å². The van der Waals surface area contributed by atoms with E-state index in [0.717, 1.165) is 43.3 Å². The molecule has 0 radical (unpaired) electrons. The zero-order valence-corrected chi connectivity index (χ0v) is 11.1. The van der Waals surface area contributed by atoms with Crippen LogP contribution in [0, 0.1) is 0 Å². The third-order valence-electron chi connectivity index (χ3n) is 2.84. The summed E-state index contributed by atoms with van der Waals surface area (Å²) < 4.78 is 5.55. The van der Waals surface area contributed by atoms with Gasteiger partial charge < -0.3 is 10.1 Å². The number of hydrogen-bond donors (Lipinski definition) is 1. The maximum Gasteiger partial charge on any atom is 0.138 e. The molecule has 0 unspecified atom stereocenters. The summed E-state index contributed by atoms with van der Waals surface area (Å²) in [4.78, 5) is 4.18. The van der Waals surface area contributed by atoms with Crippen LogP contribution in [-0.4, -0.2) is 24.2 Å². The second-order valence-electron chi connectivity index (χ2n) is 4.72. The summed E-state index contributed by atoms with van der Waals surface area (Å²) in [5.41, 5.74) is 1.11. The summed E-state index contributed by atoms with van der Waals surface area (Å²) in [6.07, 6.45) is 12.7. The van der Waals surface area contributed by atoms with Crippen LogP contribution in [0.1, 0.15) is 38.2 Å². The highest BCUT2D eigenvalue weighted by Crippen LogP contribution is 2.18. The summed E-state index contributed by atoms with van der Waals surface area (Å²) >= 11 is 0. The average Bonchev–Trinajstić information content (AvgIpc) is 3.20. The van der Waals surface area contributed by atoms with Gasteiger partial charge in [0.25, 0.3) is 0 Å². The molecule has 1 fully saturated rings. The predicted molar refractivity (Wildman–Crippen MR) is 74.7 cm³/mol. The molecule has 1 aromatic heterocycles. The number of hydrogen-bond acceptors (Lipinski definition) is 3. The van der Waals surface area contributed by atoms with Gasteiger partial charge in [-0.05, 0) is 43.9 Å². The van der Waals surface area contributed by atoms with Crippen molar-refractivity contribution in [1.29, 1.82) is 0 Å². The molecule has 18 heavy (non-hydrogen) atoms. The molecule has 0 spiro atoms. The van der Waals surface area contributed by atoms with Crippen molar-refractivity contribution in [1.82, 2.24) is 10.3 Å². The van der Waals surface area contributed by atoms with Crippen molar-refractivity contribution in [2.45, 2.75) is 38.6 Å². The van der Waals surface area contributed by atoms with Crippen molar-refractivity contribution in [2.75, 3.05) is 13.2 Å². The van der Waals surface area contributed by atoms with Crippen LogP contribution in [-0.2, 0) is 0 Å². The molecule has 0 saturated heterocycles. The third-order valence-corrected chi connectivity index (χ3v) is 2.84. The Bertz CT molecular complexity index is 386. The Morgan fingerprint density at radius 1 is 1.44 bits per heavy atom. The highest BCUT2D eigenvalue weighted by atomic mass is 16.5. The Kier molecular flexibility index (Phi) is 5.21. The fourth-order valence-electron chi connectivity index (χ4n) is 1.70. The zero-order valence-electron chi connectivity index (χ0n) is 11.1.